The van der Waals surface area contributed by atoms with E-state index in [4.69, 9.17) is 0 Å². The Morgan fingerprint density at radius 2 is 1.10 bits per heavy atom. The van der Waals surface area contributed by atoms with Crippen molar-refractivity contribution in [2.24, 2.45) is 5.92 Å². The van der Waals surface area contributed by atoms with Crippen molar-refractivity contribution in [3.8, 4) is 0 Å². The Balaban J connectivity index is 1.98. The van der Waals surface area contributed by atoms with Crippen molar-refractivity contribution >= 4 is 6.71 Å². The van der Waals surface area contributed by atoms with Crippen LogP contribution in [-0.2, 0) is 43.9 Å². The quantitative estimate of drug-likeness (QED) is 0.0884. The molecule has 42 heavy (non-hydrogen) atoms. The third kappa shape index (κ3) is 7.36. The molecule has 3 aromatic rings. The third-order valence-electron chi connectivity index (χ3n) is 9.30. The third-order valence-corrected chi connectivity index (χ3v) is 9.30. The molecule has 218 valence electrons. The highest BCUT2D eigenvalue weighted by molar-refractivity contribution is 6.55. The molecule has 1 heteroatoms. The maximum atomic E-state index is 4.15. The first kappa shape index (κ1) is 31.6. The molecule has 1 unspecified atom stereocenters. The SMILES string of the molecule is C=CCc1cc(C(C)(c2ccccc2)c2cc(CC=C)c(CCC3CC3)c(CC=C)c2)cc(CC=C)c1CCB(C)C. The minimum absolute atomic E-state index is 0.329. The van der Waals surface area contributed by atoms with Crippen LogP contribution in [0.3, 0.4) is 0 Å². The average Bonchev–Trinajstić information content (AvgIpc) is 3.81. The summed E-state index contributed by atoms with van der Waals surface area (Å²) in [6.07, 6.45) is 19.3. The highest BCUT2D eigenvalue weighted by Gasteiger charge is 2.34. The molecule has 1 saturated carbocycles. The van der Waals surface area contributed by atoms with Crippen molar-refractivity contribution in [3.63, 3.8) is 0 Å². The smallest absolute Gasteiger partial charge is 0.103 e. The summed E-state index contributed by atoms with van der Waals surface area (Å²) in [6.45, 7) is 24.3. The molecule has 0 heterocycles. The Morgan fingerprint density at radius 1 is 0.667 bits per heavy atom. The van der Waals surface area contributed by atoms with Gasteiger partial charge in [-0.1, -0.05) is 112 Å². The summed E-state index contributed by atoms with van der Waals surface area (Å²) in [5.74, 6) is 0.910. The van der Waals surface area contributed by atoms with Gasteiger partial charge in [-0.25, -0.2) is 0 Å². The van der Waals surface area contributed by atoms with Crippen LogP contribution in [0.1, 0.15) is 76.3 Å². The van der Waals surface area contributed by atoms with Crippen LogP contribution in [0.25, 0.3) is 0 Å². The van der Waals surface area contributed by atoms with E-state index in [0.717, 1.165) is 44.4 Å². The predicted molar refractivity (Wildman–Crippen MR) is 188 cm³/mol. The Morgan fingerprint density at radius 3 is 1.48 bits per heavy atom. The summed E-state index contributed by atoms with van der Waals surface area (Å²) >= 11 is 0. The molecule has 0 radical (unpaired) electrons. The van der Waals surface area contributed by atoms with E-state index in [1.165, 1.54) is 75.7 Å². The maximum absolute atomic E-state index is 4.15. The summed E-state index contributed by atoms with van der Waals surface area (Å²) in [7, 11) is 0. The first-order chi connectivity index (χ1) is 20.3. The number of allylic oxidation sites excluding steroid dienone is 4. The molecular formula is C41H51B. The maximum Gasteiger partial charge on any atom is 0.133 e. The summed E-state index contributed by atoms with van der Waals surface area (Å²) in [4.78, 5) is 0. The molecule has 1 aliphatic carbocycles. The van der Waals surface area contributed by atoms with Crippen LogP contribution in [0.2, 0.25) is 20.0 Å². The van der Waals surface area contributed by atoms with Crippen LogP contribution in [0.4, 0.5) is 0 Å². The minimum atomic E-state index is -0.329. The molecular weight excluding hydrogens is 503 g/mol. The standard InChI is InChI=1S/C41H51B/c1-8-15-32-27-37(28-33(16-9-2)39(32)24-23-31-21-22-31)41(5,36-19-13-12-14-20-36)38-29-34(17-10-3)40(25-26-42(6)7)35(30-38)18-11-4/h8-14,19-20,27-31H,1-4,15-18,21-26H2,5-7H3. The van der Waals surface area contributed by atoms with E-state index in [1.807, 2.05) is 0 Å². The number of benzene rings is 3. The monoisotopic (exact) mass is 554 g/mol. The summed E-state index contributed by atoms with van der Waals surface area (Å²) in [6, 6.07) is 21.0. The fourth-order valence-corrected chi connectivity index (χ4v) is 6.62. The molecule has 0 aliphatic heterocycles. The van der Waals surface area contributed by atoms with Gasteiger partial charge >= 0.3 is 0 Å². The summed E-state index contributed by atoms with van der Waals surface area (Å²) in [5, 5.41) is 0. The fourth-order valence-electron chi connectivity index (χ4n) is 6.62. The van der Waals surface area contributed by atoms with Gasteiger partial charge in [-0.05, 0) is 108 Å². The number of hydrogen-bond acceptors (Lipinski definition) is 0. The zero-order valence-corrected chi connectivity index (χ0v) is 26.6. The van der Waals surface area contributed by atoms with Gasteiger partial charge in [-0.3, -0.25) is 0 Å². The molecule has 3 aromatic carbocycles. The van der Waals surface area contributed by atoms with Gasteiger partial charge in [-0.2, -0.15) is 0 Å². The van der Waals surface area contributed by atoms with Crippen LogP contribution in [0.5, 0.6) is 0 Å². The van der Waals surface area contributed by atoms with E-state index in [9.17, 15) is 0 Å². The largest absolute Gasteiger partial charge is 0.133 e. The minimum Gasteiger partial charge on any atom is -0.103 e. The van der Waals surface area contributed by atoms with Gasteiger partial charge in [0.2, 0.25) is 0 Å². The highest BCUT2D eigenvalue weighted by atomic mass is 14.4. The molecule has 0 spiro atoms. The van der Waals surface area contributed by atoms with Gasteiger partial charge in [0.1, 0.15) is 6.71 Å². The van der Waals surface area contributed by atoms with E-state index in [1.54, 1.807) is 0 Å². The van der Waals surface area contributed by atoms with Crippen LogP contribution in [0.15, 0.2) is 105 Å². The van der Waals surface area contributed by atoms with Gasteiger partial charge in [0.05, 0.1) is 0 Å². The lowest BCUT2D eigenvalue weighted by molar-refractivity contribution is 0.681. The number of rotatable bonds is 17. The molecule has 0 aromatic heterocycles. The van der Waals surface area contributed by atoms with Crippen LogP contribution >= 0.6 is 0 Å². The van der Waals surface area contributed by atoms with E-state index in [2.05, 4.69) is 126 Å². The molecule has 1 fully saturated rings. The van der Waals surface area contributed by atoms with Gasteiger partial charge in [-0.15, -0.1) is 26.3 Å². The molecule has 0 amide bonds. The van der Waals surface area contributed by atoms with Gasteiger partial charge in [0.25, 0.3) is 0 Å². The highest BCUT2D eigenvalue weighted by Crippen LogP contribution is 2.43. The molecule has 1 atom stereocenters. The molecule has 0 nitrogen and oxygen atoms in total. The summed E-state index contributed by atoms with van der Waals surface area (Å²) in [5.41, 5.74) is 12.3. The van der Waals surface area contributed by atoms with E-state index in [0.29, 0.717) is 6.71 Å². The normalized spacial score (nSPS) is 14.2. The average molecular weight is 555 g/mol. The van der Waals surface area contributed by atoms with Crippen molar-refractivity contribution < 1.29 is 0 Å². The first-order valence-electron chi connectivity index (χ1n) is 16.1. The molecule has 0 saturated heterocycles. The predicted octanol–water partition coefficient (Wildman–Crippen LogP) is 10.6. The second-order valence-electron chi connectivity index (χ2n) is 12.9. The molecule has 0 bridgehead atoms. The van der Waals surface area contributed by atoms with Crippen LogP contribution < -0.4 is 0 Å². The van der Waals surface area contributed by atoms with Crippen molar-refractivity contribution in [1.29, 1.82) is 0 Å². The zero-order valence-electron chi connectivity index (χ0n) is 26.6. The van der Waals surface area contributed by atoms with Gasteiger partial charge in [0, 0.05) is 5.41 Å². The lowest BCUT2D eigenvalue weighted by Crippen LogP contribution is -2.27. The van der Waals surface area contributed by atoms with Crippen LogP contribution in [0, 0.1) is 5.92 Å². The second-order valence-corrected chi connectivity index (χ2v) is 12.9. The fraction of sp³-hybridized carbons (Fsp3) is 0.366. The van der Waals surface area contributed by atoms with Gasteiger partial charge < -0.3 is 0 Å². The molecule has 4 rings (SSSR count). The van der Waals surface area contributed by atoms with E-state index >= 15 is 0 Å². The van der Waals surface area contributed by atoms with Crippen LogP contribution in [-0.4, -0.2) is 6.71 Å². The molecule has 1 aliphatic rings. The second kappa shape index (κ2) is 14.7. The van der Waals surface area contributed by atoms with Crippen molar-refractivity contribution in [2.75, 3.05) is 0 Å². The lowest BCUT2D eigenvalue weighted by Gasteiger charge is -2.35. The summed E-state index contributed by atoms with van der Waals surface area (Å²) < 4.78 is 0. The van der Waals surface area contributed by atoms with E-state index < -0.39 is 0 Å². The Hall–Kier alpha value is -3.32. The Bertz CT molecular complexity index is 1250. The number of hydrogen-bond donors (Lipinski definition) is 0. The Kier molecular flexibility index (Phi) is 11.1. The van der Waals surface area contributed by atoms with E-state index in [-0.39, 0.29) is 5.41 Å². The van der Waals surface area contributed by atoms with Crippen molar-refractivity contribution in [3.05, 3.63) is 155 Å². The topological polar surface area (TPSA) is 0 Å². The lowest BCUT2D eigenvalue weighted by atomic mass is 9.51. The zero-order chi connectivity index (χ0) is 30.1. The Labute approximate surface area is 257 Å². The molecule has 0 N–H and O–H groups in total. The first-order valence-corrected chi connectivity index (χ1v) is 16.1. The van der Waals surface area contributed by atoms with Gasteiger partial charge in [0.15, 0.2) is 0 Å². The van der Waals surface area contributed by atoms with Crippen molar-refractivity contribution in [2.45, 2.75) is 90.1 Å². The van der Waals surface area contributed by atoms with Crippen molar-refractivity contribution in [1.82, 2.24) is 0 Å².